The fourth-order valence-electron chi connectivity index (χ4n) is 3.61. The van der Waals surface area contributed by atoms with Crippen LogP contribution < -0.4 is 10.5 Å². The molecule has 0 atom stereocenters. The van der Waals surface area contributed by atoms with Crippen molar-refractivity contribution < 1.29 is 4.74 Å². The second-order valence-electron chi connectivity index (χ2n) is 5.95. The number of aryl methyl sites for hydroxylation is 1. The molecule has 0 heterocycles. The lowest BCUT2D eigenvalue weighted by molar-refractivity contribution is 0.242. The Morgan fingerprint density at radius 1 is 1.26 bits per heavy atom. The minimum Gasteiger partial charge on any atom is -0.495 e. The molecule has 0 saturated heterocycles. The Hall–Kier alpha value is -0.540. The van der Waals surface area contributed by atoms with Crippen LogP contribution >= 0.6 is 15.9 Å². The van der Waals surface area contributed by atoms with Crippen LogP contribution in [-0.4, -0.2) is 13.7 Å². The second kappa shape index (κ2) is 5.10. The van der Waals surface area contributed by atoms with E-state index in [-0.39, 0.29) is 5.41 Å². The van der Waals surface area contributed by atoms with E-state index in [1.165, 1.54) is 66.1 Å². The summed E-state index contributed by atoms with van der Waals surface area (Å²) in [6.45, 7) is 0.731. The zero-order chi connectivity index (χ0) is 13.5. The van der Waals surface area contributed by atoms with E-state index in [1.54, 1.807) is 7.11 Å². The lowest BCUT2D eigenvalue weighted by Crippen LogP contribution is -2.42. The van der Waals surface area contributed by atoms with Crippen LogP contribution in [0.25, 0.3) is 0 Å². The van der Waals surface area contributed by atoms with Crippen molar-refractivity contribution in [1.82, 2.24) is 0 Å². The Bertz CT molecular complexity index is 489. The van der Waals surface area contributed by atoms with Crippen molar-refractivity contribution in [1.29, 1.82) is 0 Å². The van der Waals surface area contributed by atoms with Crippen molar-refractivity contribution in [2.24, 2.45) is 5.73 Å². The number of benzene rings is 1. The number of rotatable bonds is 3. The third kappa shape index (κ3) is 2.02. The maximum Gasteiger partial charge on any atom is 0.137 e. The summed E-state index contributed by atoms with van der Waals surface area (Å²) in [6.07, 6.45) is 8.65. The lowest BCUT2D eigenvalue weighted by Gasteiger charge is -2.43. The second-order valence-corrected chi connectivity index (χ2v) is 6.75. The van der Waals surface area contributed by atoms with Crippen LogP contribution in [0.2, 0.25) is 0 Å². The minimum atomic E-state index is 0.167. The highest BCUT2D eigenvalue weighted by atomic mass is 79.9. The van der Waals surface area contributed by atoms with E-state index >= 15 is 0 Å². The molecule has 2 N–H and O–H groups in total. The van der Waals surface area contributed by atoms with E-state index in [0.717, 1.165) is 12.3 Å². The molecule has 104 valence electrons. The summed E-state index contributed by atoms with van der Waals surface area (Å²) < 4.78 is 6.91. The standard InChI is InChI=1S/C16H22BrNO/c1-19-15-13(16(10-18)7-4-8-16)9-11-5-2-3-6-12(11)14(15)17/h9H,2-8,10,18H2,1H3. The summed E-state index contributed by atoms with van der Waals surface area (Å²) in [5, 5.41) is 0. The van der Waals surface area contributed by atoms with Gasteiger partial charge in [-0.1, -0.05) is 12.5 Å². The zero-order valence-electron chi connectivity index (χ0n) is 11.6. The first-order valence-electron chi connectivity index (χ1n) is 7.30. The molecule has 1 aromatic carbocycles. The Balaban J connectivity index is 2.15. The highest BCUT2D eigenvalue weighted by Crippen LogP contribution is 2.50. The molecule has 3 heteroatoms. The topological polar surface area (TPSA) is 35.2 Å². The van der Waals surface area contributed by atoms with Crippen molar-refractivity contribution in [3.05, 3.63) is 27.2 Å². The highest BCUT2D eigenvalue weighted by molar-refractivity contribution is 9.10. The van der Waals surface area contributed by atoms with E-state index < -0.39 is 0 Å². The van der Waals surface area contributed by atoms with Crippen molar-refractivity contribution >= 4 is 15.9 Å². The summed E-state index contributed by atoms with van der Waals surface area (Å²) in [5.41, 5.74) is 10.6. The SMILES string of the molecule is COc1c(C2(CN)CCC2)cc2c(c1Br)CCCC2. The molecule has 2 aliphatic carbocycles. The molecule has 3 rings (SSSR count). The third-order valence-corrected chi connectivity index (χ3v) is 5.85. The van der Waals surface area contributed by atoms with Gasteiger partial charge in [-0.15, -0.1) is 0 Å². The number of hydrogen-bond acceptors (Lipinski definition) is 2. The van der Waals surface area contributed by atoms with E-state index in [0.29, 0.717) is 0 Å². The number of ether oxygens (including phenoxy) is 1. The van der Waals surface area contributed by atoms with Gasteiger partial charge in [-0.25, -0.2) is 0 Å². The van der Waals surface area contributed by atoms with Gasteiger partial charge < -0.3 is 10.5 Å². The summed E-state index contributed by atoms with van der Waals surface area (Å²) in [6, 6.07) is 2.39. The maximum atomic E-state index is 6.08. The van der Waals surface area contributed by atoms with Gasteiger partial charge in [-0.05, 0) is 65.6 Å². The number of nitrogens with two attached hydrogens (primary N) is 1. The molecule has 19 heavy (non-hydrogen) atoms. The Labute approximate surface area is 123 Å². The predicted octanol–water partition coefficient (Wildman–Crippen LogP) is 3.72. The van der Waals surface area contributed by atoms with E-state index in [2.05, 4.69) is 22.0 Å². The van der Waals surface area contributed by atoms with Crippen molar-refractivity contribution in [2.45, 2.75) is 50.4 Å². The van der Waals surface area contributed by atoms with Gasteiger partial charge in [0.2, 0.25) is 0 Å². The number of fused-ring (bicyclic) bond motifs is 1. The van der Waals surface area contributed by atoms with Crippen LogP contribution in [0.1, 0.15) is 48.8 Å². The maximum absolute atomic E-state index is 6.08. The first-order valence-corrected chi connectivity index (χ1v) is 8.10. The summed E-state index contributed by atoms with van der Waals surface area (Å²) in [5.74, 6) is 1.03. The molecule has 0 unspecified atom stereocenters. The van der Waals surface area contributed by atoms with Crippen LogP contribution in [-0.2, 0) is 18.3 Å². The molecule has 0 aromatic heterocycles. The minimum absolute atomic E-state index is 0.167. The average Bonchev–Trinajstić information content (AvgIpc) is 2.39. The first-order chi connectivity index (χ1) is 9.22. The summed E-state index contributed by atoms with van der Waals surface area (Å²) >= 11 is 3.79. The molecule has 2 aliphatic rings. The van der Waals surface area contributed by atoms with E-state index in [1.807, 2.05) is 0 Å². The Kier molecular flexibility index (Phi) is 3.61. The van der Waals surface area contributed by atoms with E-state index in [9.17, 15) is 0 Å². The molecule has 0 aliphatic heterocycles. The normalized spacial score (nSPS) is 20.6. The van der Waals surface area contributed by atoms with Gasteiger partial charge in [-0.2, -0.15) is 0 Å². The predicted molar refractivity (Wildman–Crippen MR) is 81.9 cm³/mol. The van der Waals surface area contributed by atoms with Gasteiger partial charge >= 0.3 is 0 Å². The lowest BCUT2D eigenvalue weighted by atomic mass is 9.63. The van der Waals surface area contributed by atoms with Crippen LogP contribution in [0.5, 0.6) is 5.75 Å². The van der Waals surface area contributed by atoms with Crippen LogP contribution in [0.4, 0.5) is 0 Å². The van der Waals surface area contributed by atoms with Crippen molar-refractivity contribution in [3.8, 4) is 5.75 Å². The molecule has 1 aromatic rings. The van der Waals surface area contributed by atoms with Crippen molar-refractivity contribution in [3.63, 3.8) is 0 Å². The number of halogens is 1. The van der Waals surface area contributed by atoms with Crippen molar-refractivity contribution in [2.75, 3.05) is 13.7 Å². The van der Waals surface area contributed by atoms with Gasteiger partial charge in [0.05, 0.1) is 11.6 Å². The largest absolute Gasteiger partial charge is 0.495 e. The van der Waals surface area contributed by atoms with Gasteiger partial charge in [0.15, 0.2) is 0 Å². The molecule has 0 bridgehead atoms. The molecular weight excluding hydrogens is 302 g/mol. The van der Waals surface area contributed by atoms with Crippen LogP contribution in [0.15, 0.2) is 10.5 Å². The van der Waals surface area contributed by atoms with E-state index in [4.69, 9.17) is 10.5 Å². The van der Waals surface area contributed by atoms with Crippen LogP contribution in [0.3, 0.4) is 0 Å². The van der Waals surface area contributed by atoms with Gasteiger partial charge in [0.25, 0.3) is 0 Å². The molecular formula is C16H22BrNO. The highest BCUT2D eigenvalue weighted by Gasteiger charge is 2.40. The first kappa shape index (κ1) is 13.4. The fraction of sp³-hybridized carbons (Fsp3) is 0.625. The zero-order valence-corrected chi connectivity index (χ0v) is 13.2. The summed E-state index contributed by atoms with van der Waals surface area (Å²) in [4.78, 5) is 0. The van der Waals surface area contributed by atoms with Gasteiger partial charge in [0, 0.05) is 17.5 Å². The molecule has 0 spiro atoms. The molecule has 1 saturated carbocycles. The molecule has 0 amide bonds. The smallest absolute Gasteiger partial charge is 0.137 e. The third-order valence-electron chi connectivity index (χ3n) is 5.01. The average molecular weight is 324 g/mol. The van der Waals surface area contributed by atoms with Gasteiger partial charge in [0.1, 0.15) is 5.75 Å². The summed E-state index contributed by atoms with van der Waals surface area (Å²) in [7, 11) is 1.78. The number of methoxy groups -OCH3 is 1. The molecule has 0 radical (unpaired) electrons. The quantitative estimate of drug-likeness (QED) is 0.920. The Morgan fingerprint density at radius 2 is 2.00 bits per heavy atom. The van der Waals surface area contributed by atoms with Crippen LogP contribution in [0, 0.1) is 0 Å². The van der Waals surface area contributed by atoms with Gasteiger partial charge in [-0.3, -0.25) is 0 Å². The molecule has 1 fully saturated rings. The molecule has 2 nitrogen and oxygen atoms in total. The Morgan fingerprint density at radius 3 is 2.58 bits per heavy atom. The monoisotopic (exact) mass is 323 g/mol. The number of hydrogen-bond donors (Lipinski definition) is 1. The fourth-order valence-corrected chi connectivity index (χ4v) is 4.44.